The molecule has 0 aromatic carbocycles. The fourth-order valence-electron chi connectivity index (χ4n) is 3.65. The van der Waals surface area contributed by atoms with Crippen LogP contribution in [0.15, 0.2) is 6.33 Å². The molecule has 0 N–H and O–H groups in total. The number of amides is 1. The predicted molar refractivity (Wildman–Crippen MR) is 102 cm³/mol. The summed E-state index contributed by atoms with van der Waals surface area (Å²) < 4.78 is 10.7. The lowest BCUT2D eigenvalue weighted by Gasteiger charge is -2.37. The highest BCUT2D eigenvalue weighted by Gasteiger charge is 2.34. The van der Waals surface area contributed by atoms with Gasteiger partial charge in [-0.05, 0) is 20.8 Å². The Kier molecular flexibility index (Phi) is 6.12. The van der Waals surface area contributed by atoms with Gasteiger partial charge in [-0.2, -0.15) is 0 Å². The molecule has 0 aliphatic carbocycles. The number of nitro groups is 1. The average molecular weight is 394 g/mol. The van der Waals surface area contributed by atoms with Crippen LogP contribution in [0.3, 0.4) is 0 Å². The van der Waals surface area contributed by atoms with E-state index in [0.29, 0.717) is 51.7 Å². The van der Waals surface area contributed by atoms with E-state index < -0.39 is 4.92 Å². The highest BCUT2D eigenvalue weighted by molar-refractivity contribution is 5.72. The molecule has 3 heterocycles. The number of hydrogen-bond donors (Lipinski definition) is 0. The zero-order valence-electron chi connectivity index (χ0n) is 16.4. The number of carbonyl (C=O) groups is 1. The first-order chi connectivity index (χ1) is 13.4. The van der Waals surface area contributed by atoms with Crippen molar-refractivity contribution in [1.82, 2.24) is 14.9 Å². The third kappa shape index (κ3) is 4.24. The third-order valence-corrected chi connectivity index (χ3v) is 4.79. The Morgan fingerprint density at radius 2 is 1.75 bits per heavy atom. The summed E-state index contributed by atoms with van der Waals surface area (Å²) in [4.78, 5) is 37.1. The Morgan fingerprint density at radius 3 is 2.29 bits per heavy atom. The van der Waals surface area contributed by atoms with Crippen molar-refractivity contribution in [2.75, 3.05) is 55.7 Å². The van der Waals surface area contributed by atoms with Crippen molar-refractivity contribution in [3.8, 4) is 0 Å². The second-order valence-corrected chi connectivity index (χ2v) is 6.96. The molecule has 28 heavy (non-hydrogen) atoms. The molecule has 0 saturated carbocycles. The van der Waals surface area contributed by atoms with E-state index in [-0.39, 0.29) is 29.8 Å². The van der Waals surface area contributed by atoms with Crippen LogP contribution in [0.25, 0.3) is 0 Å². The van der Waals surface area contributed by atoms with Gasteiger partial charge in [0.05, 0.1) is 23.7 Å². The van der Waals surface area contributed by atoms with Crippen molar-refractivity contribution in [2.24, 2.45) is 0 Å². The van der Waals surface area contributed by atoms with Gasteiger partial charge in [0.15, 0.2) is 0 Å². The van der Waals surface area contributed by atoms with E-state index in [2.05, 4.69) is 9.97 Å². The number of morpholine rings is 1. The summed E-state index contributed by atoms with van der Waals surface area (Å²) in [5.41, 5.74) is -0.103. The predicted octanol–water partition coefficient (Wildman–Crippen LogP) is 1.28. The van der Waals surface area contributed by atoms with E-state index in [9.17, 15) is 14.9 Å². The molecule has 2 atom stereocenters. The molecule has 2 saturated heterocycles. The summed E-state index contributed by atoms with van der Waals surface area (Å²) in [6.07, 6.45) is 0.904. The summed E-state index contributed by atoms with van der Waals surface area (Å²) in [7, 11) is 0. The number of anilines is 2. The summed E-state index contributed by atoms with van der Waals surface area (Å²) in [5.74, 6) is 0.593. The Bertz CT molecular complexity index is 714. The minimum absolute atomic E-state index is 0.0464. The third-order valence-electron chi connectivity index (χ3n) is 4.79. The Hall–Kier alpha value is -2.69. The van der Waals surface area contributed by atoms with Crippen molar-refractivity contribution in [2.45, 2.75) is 33.0 Å². The molecule has 0 radical (unpaired) electrons. The zero-order chi connectivity index (χ0) is 20.3. The fourth-order valence-corrected chi connectivity index (χ4v) is 3.65. The van der Waals surface area contributed by atoms with E-state index in [4.69, 9.17) is 9.47 Å². The maximum Gasteiger partial charge on any atom is 0.409 e. The molecule has 2 aliphatic heterocycles. The van der Waals surface area contributed by atoms with Gasteiger partial charge in [0, 0.05) is 39.3 Å². The van der Waals surface area contributed by atoms with E-state index in [0.717, 1.165) is 0 Å². The van der Waals surface area contributed by atoms with E-state index in [1.807, 2.05) is 23.6 Å². The first-order valence-electron chi connectivity index (χ1n) is 9.47. The quantitative estimate of drug-likeness (QED) is 0.550. The fraction of sp³-hybridized carbons (Fsp3) is 0.706. The van der Waals surface area contributed by atoms with Gasteiger partial charge in [-0.3, -0.25) is 10.1 Å². The normalized spacial score (nSPS) is 22.9. The van der Waals surface area contributed by atoms with Crippen molar-refractivity contribution < 1.29 is 19.2 Å². The SMILES string of the molecule is CCOC(=O)N1CCN(c2ncnc(N3CC(C)OC(C)C3)c2[N+](=O)[O-])CC1. The van der Waals surface area contributed by atoms with Gasteiger partial charge in [0.25, 0.3) is 0 Å². The second kappa shape index (κ2) is 8.55. The minimum atomic E-state index is -0.423. The van der Waals surface area contributed by atoms with E-state index in [1.54, 1.807) is 11.8 Å². The maximum atomic E-state index is 11.9. The van der Waals surface area contributed by atoms with Crippen molar-refractivity contribution in [3.05, 3.63) is 16.4 Å². The van der Waals surface area contributed by atoms with Gasteiger partial charge in [0.1, 0.15) is 6.33 Å². The van der Waals surface area contributed by atoms with Crippen molar-refractivity contribution >= 4 is 23.4 Å². The number of aromatic nitrogens is 2. The maximum absolute atomic E-state index is 11.9. The van der Waals surface area contributed by atoms with Crippen LogP contribution in [0.4, 0.5) is 22.1 Å². The summed E-state index contributed by atoms with van der Waals surface area (Å²) in [6, 6.07) is 0. The number of rotatable bonds is 4. The Labute approximate surface area is 163 Å². The van der Waals surface area contributed by atoms with Gasteiger partial charge < -0.3 is 24.2 Å². The molecule has 2 unspecified atom stereocenters. The highest BCUT2D eigenvalue weighted by atomic mass is 16.6. The number of piperazine rings is 1. The van der Waals surface area contributed by atoms with E-state index in [1.165, 1.54) is 6.33 Å². The first kappa shape index (κ1) is 20.1. The number of carbonyl (C=O) groups excluding carboxylic acids is 1. The summed E-state index contributed by atoms with van der Waals surface area (Å²) >= 11 is 0. The lowest BCUT2D eigenvalue weighted by atomic mass is 10.2. The van der Waals surface area contributed by atoms with Crippen LogP contribution >= 0.6 is 0 Å². The molecule has 1 aromatic rings. The summed E-state index contributed by atoms with van der Waals surface area (Å²) in [6.45, 7) is 8.70. The molecule has 11 nitrogen and oxygen atoms in total. The van der Waals surface area contributed by atoms with Crippen LogP contribution in [0.2, 0.25) is 0 Å². The van der Waals surface area contributed by atoms with E-state index >= 15 is 0 Å². The minimum Gasteiger partial charge on any atom is -0.450 e. The van der Waals surface area contributed by atoms with Gasteiger partial charge >= 0.3 is 11.8 Å². The lowest BCUT2D eigenvalue weighted by molar-refractivity contribution is -0.383. The molecule has 1 aromatic heterocycles. The molecule has 2 fully saturated rings. The molecule has 0 spiro atoms. The van der Waals surface area contributed by atoms with Crippen LogP contribution in [-0.4, -0.2) is 84.0 Å². The molecular formula is C17H26N6O5. The smallest absolute Gasteiger partial charge is 0.409 e. The summed E-state index contributed by atoms with van der Waals surface area (Å²) in [5, 5.41) is 11.9. The highest BCUT2D eigenvalue weighted by Crippen LogP contribution is 2.35. The van der Waals surface area contributed by atoms with Crippen LogP contribution < -0.4 is 9.80 Å². The number of hydrogen-bond acceptors (Lipinski definition) is 9. The Balaban J connectivity index is 1.83. The largest absolute Gasteiger partial charge is 0.450 e. The van der Waals surface area contributed by atoms with Crippen molar-refractivity contribution in [3.63, 3.8) is 0 Å². The van der Waals surface area contributed by atoms with Gasteiger partial charge in [-0.25, -0.2) is 14.8 Å². The lowest BCUT2D eigenvalue weighted by Crippen LogP contribution is -2.49. The standard InChI is InChI=1S/C17H26N6O5/c1-4-27-17(24)21-7-5-20(6-8-21)15-14(23(25)26)16(19-11-18-15)22-9-12(2)28-13(3)10-22/h11-13H,4-10H2,1-3H3. The van der Waals surface area contributed by atoms with Crippen LogP contribution in [0, 0.1) is 10.1 Å². The molecule has 0 bridgehead atoms. The van der Waals surface area contributed by atoms with Gasteiger partial charge in [-0.15, -0.1) is 0 Å². The molecule has 154 valence electrons. The molecule has 11 heteroatoms. The van der Waals surface area contributed by atoms with Gasteiger partial charge in [0.2, 0.25) is 11.6 Å². The monoisotopic (exact) mass is 394 g/mol. The molecule has 2 aliphatic rings. The van der Waals surface area contributed by atoms with Crippen LogP contribution in [0.1, 0.15) is 20.8 Å². The number of ether oxygens (including phenoxy) is 2. The topological polar surface area (TPSA) is 114 Å². The number of nitrogens with zero attached hydrogens (tertiary/aromatic N) is 6. The second-order valence-electron chi connectivity index (χ2n) is 6.96. The first-order valence-corrected chi connectivity index (χ1v) is 9.47. The van der Waals surface area contributed by atoms with Crippen LogP contribution in [-0.2, 0) is 9.47 Å². The van der Waals surface area contributed by atoms with Gasteiger partial charge in [-0.1, -0.05) is 0 Å². The van der Waals surface area contributed by atoms with Crippen molar-refractivity contribution in [1.29, 1.82) is 0 Å². The molecule has 3 rings (SSSR count). The molecule has 1 amide bonds. The average Bonchev–Trinajstić information content (AvgIpc) is 2.67. The van der Waals surface area contributed by atoms with Crippen LogP contribution in [0.5, 0.6) is 0 Å². The molecular weight excluding hydrogens is 368 g/mol. The zero-order valence-corrected chi connectivity index (χ0v) is 16.4. The Morgan fingerprint density at radius 1 is 1.18 bits per heavy atom.